The lowest BCUT2D eigenvalue weighted by molar-refractivity contribution is -0.142. The number of thiol groups is 2. The Balaban J connectivity index is 5.26. The molecule has 0 spiro atoms. The van der Waals surface area contributed by atoms with Crippen LogP contribution in [-0.4, -0.2) is 111 Å². The summed E-state index contributed by atoms with van der Waals surface area (Å²) in [6.07, 6.45) is -1.50. The highest BCUT2D eigenvalue weighted by Gasteiger charge is 2.33. The van der Waals surface area contributed by atoms with Gasteiger partial charge in [0.05, 0.1) is 25.4 Å². The molecule has 6 atom stereocenters. The van der Waals surface area contributed by atoms with E-state index in [2.05, 4.69) is 46.5 Å². The number of carbonyl (C=O) groups is 5. The van der Waals surface area contributed by atoms with Crippen molar-refractivity contribution < 1.29 is 44.4 Å². The Labute approximate surface area is 194 Å². The van der Waals surface area contributed by atoms with E-state index in [0.717, 1.165) is 6.92 Å². The zero-order valence-electron chi connectivity index (χ0n) is 17.1. The summed E-state index contributed by atoms with van der Waals surface area (Å²) in [5.41, 5.74) is 5.47. The maximum Gasteiger partial charge on any atom is 0.327 e. The van der Waals surface area contributed by atoms with E-state index in [1.807, 2.05) is 0 Å². The summed E-state index contributed by atoms with van der Waals surface area (Å²) in [4.78, 5) is 59.8. The lowest BCUT2D eigenvalue weighted by Gasteiger charge is -2.26. The highest BCUT2D eigenvalue weighted by molar-refractivity contribution is 7.80. The molecule has 0 aliphatic carbocycles. The normalized spacial score (nSPS) is 16.5. The first-order valence-corrected chi connectivity index (χ1v) is 10.5. The molecule has 0 aromatic heterocycles. The van der Waals surface area contributed by atoms with Gasteiger partial charge in [-0.2, -0.15) is 25.3 Å². The number of carboxylic acid groups (broad SMARTS) is 1. The molecule has 0 aromatic rings. The predicted octanol–water partition coefficient (Wildman–Crippen LogP) is -5.44. The number of rotatable bonds is 14. The van der Waals surface area contributed by atoms with E-state index < -0.39 is 79.1 Å². The van der Waals surface area contributed by atoms with Crippen LogP contribution in [0.15, 0.2) is 0 Å². The van der Waals surface area contributed by atoms with Crippen LogP contribution in [0.2, 0.25) is 0 Å². The van der Waals surface area contributed by atoms with Gasteiger partial charge in [0.1, 0.15) is 24.2 Å². The summed E-state index contributed by atoms with van der Waals surface area (Å²) in [6, 6.07) is -7.22. The van der Waals surface area contributed by atoms with Gasteiger partial charge in [-0.1, -0.05) is 0 Å². The van der Waals surface area contributed by atoms with Gasteiger partial charge in [-0.25, -0.2) is 4.79 Å². The van der Waals surface area contributed by atoms with E-state index >= 15 is 0 Å². The topological polar surface area (TPSA) is 240 Å². The number of hydrogen-bond donors (Lipinski definition) is 11. The number of carbonyl (C=O) groups excluding carboxylic acids is 4. The third-order valence-corrected chi connectivity index (χ3v) is 4.78. The number of amides is 4. The second kappa shape index (κ2) is 14.9. The summed E-state index contributed by atoms with van der Waals surface area (Å²) < 4.78 is 0. The molecular weight excluding hydrogens is 470 g/mol. The molecule has 0 saturated carbocycles. The number of nitrogens with one attached hydrogen (secondary N) is 4. The van der Waals surface area contributed by atoms with Crippen molar-refractivity contribution in [3.8, 4) is 0 Å². The standard InChI is InChI=1S/C16H29N5O9S2/c1-6(24)11(21-14(27)9(3-23)18-12(25)7(17)4-31)15(28)19-8(2-22)13(26)20-10(5-32)16(29)30/h6-11,22-24,31-32H,2-5,17H2,1H3,(H,18,25)(H,19,28)(H,20,26)(H,21,27)(H,29,30). The molecule has 0 saturated heterocycles. The number of nitrogens with two attached hydrogens (primary N) is 1. The Hall–Kier alpha value is -2.11. The summed E-state index contributed by atoms with van der Waals surface area (Å²) in [5, 5.41) is 46.0. The van der Waals surface area contributed by atoms with Crippen molar-refractivity contribution >= 4 is 54.9 Å². The fraction of sp³-hybridized carbons (Fsp3) is 0.688. The minimum atomic E-state index is -1.66. The number of aliphatic carboxylic acids is 1. The van der Waals surface area contributed by atoms with Gasteiger partial charge in [0, 0.05) is 11.5 Å². The fourth-order valence-electron chi connectivity index (χ4n) is 2.13. The Bertz CT molecular complexity index is 682. The van der Waals surface area contributed by atoms with Crippen LogP contribution in [0, 0.1) is 0 Å². The first-order valence-electron chi connectivity index (χ1n) is 9.24. The molecule has 0 bridgehead atoms. The van der Waals surface area contributed by atoms with E-state index in [9.17, 15) is 39.3 Å². The average molecular weight is 500 g/mol. The fourth-order valence-corrected chi connectivity index (χ4v) is 2.54. The molecule has 14 nitrogen and oxygen atoms in total. The number of hydrogen-bond acceptors (Lipinski definition) is 11. The molecule has 0 aliphatic heterocycles. The van der Waals surface area contributed by atoms with Crippen LogP contribution in [0.1, 0.15) is 6.92 Å². The van der Waals surface area contributed by atoms with Crippen molar-refractivity contribution in [2.75, 3.05) is 24.7 Å². The minimum absolute atomic E-state index is 0.0368. The second-order valence-corrected chi connectivity index (χ2v) is 7.32. The average Bonchev–Trinajstić information content (AvgIpc) is 2.75. The molecule has 6 unspecified atom stereocenters. The number of aliphatic hydroxyl groups is 3. The van der Waals surface area contributed by atoms with Gasteiger partial charge in [0.2, 0.25) is 23.6 Å². The molecule has 0 aromatic carbocycles. The highest BCUT2D eigenvalue weighted by Crippen LogP contribution is 1.99. The zero-order chi connectivity index (χ0) is 25.0. The molecule has 0 heterocycles. The van der Waals surface area contributed by atoms with Crippen molar-refractivity contribution in [1.82, 2.24) is 21.3 Å². The maximum atomic E-state index is 12.5. The summed E-state index contributed by atoms with van der Waals surface area (Å²) in [6.45, 7) is -0.635. The van der Waals surface area contributed by atoms with Gasteiger partial charge in [-0.3, -0.25) is 19.2 Å². The van der Waals surface area contributed by atoms with E-state index in [1.165, 1.54) is 0 Å². The van der Waals surface area contributed by atoms with Gasteiger partial charge < -0.3 is 47.4 Å². The quantitative estimate of drug-likeness (QED) is 0.101. The number of aliphatic hydroxyl groups excluding tert-OH is 3. The van der Waals surface area contributed by atoms with Gasteiger partial charge in [-0.15, -0.1) is 0 Å². The Morgan fingerprint density at radius 1 is 0.781 bits per heavy atom. The van der Waals surface area contributed by atoms with Gasteiger partial charge in [0.15, 0.2) is 0 Å². The van der Waals surface area contributed by atoms with Crippen LogP contribution in [0.3, 0.4) is 0 Å². The van der Waals surface area contributed by atoms with E-state index in [0.29, 0.717) is 0 Å². The first kappa shape index (κ1) is 29.9. The molecule has 16 heteroatoms. The van der Waals surface area contributed by atoms with Crippen LogP contribution >= 0.6 is 25.3 Å². The monoisotopic (exact) mass is 499 g/mol. The van der Waals surface area contributed by atoms with Crippen LogP contribution in [0.25, 0.3) is 0 Å². The Morgan fingerprint density at radius 2 is 1.22 bits per heavy atom. The van der Waals surface area contributed by atoms with Crippen LogP contribution in [-0.2, 0) is 24.0 Å². The number of carboxylic acids is 1. The Morgan fingerprint density at radius 3 is 1.59 bits per heavy atom. The molecule has 184 valence electrons. The largest absolute Gasteiger partial charge is 0.480 e. The summed E-state index contributed by atoms with van der Waals surface area (Å²) >= 11 is 7.61. The molecule has 32 heavy (non-hydrogen) atoms. The van der Waals surface area contributed by atoms with Crippen LogP contribution in [0.5, 0.6) is 0 Å². The van der Waals surface area contributed by atoms with Crippen molar-refractivity contribution in [3.63, 3.8) is 0 Å². The molecule has 4 amide bonds. The molecular formula is C16H29N5O9S2. The van der Waals surface area contributed by atoms with Gasteiger partial charge in [-0.05, 0) is 6.92 Å². The summed E-state index contributed by atoms with van der Waals surface area (Å²) in [7, 11) is 0. The van der Waals surface area contributed by atoms with Crippen molar-refractivity contribution in [2.24, 2.45) is 5.73 Å². The minimum Gasteiger partial charge on any atom is -0.480 e. The lowest BCUT2D eigenvalue weighted by Crippen LogP contribution is -2.62. The first-order chi connectivity index (χ1) is 14.9. The van der Waals surface area contributed by atoms with Crippen molar-refractivity contribution in [1.29, 1.82) is 0 Å². The molecule has 0 fully saturated rings. The SMILES string of the molecule is CC(O)C(NC(=O)C(CO)NC(=O)C(N)CS)C(=O)NC(CO)C(=O)NC(CS)C(=O)O. The smallest absolute Gasteiger partial charge is 0.327 e. The van der Waals surface area contributed by atoms with E-state index in [4.69, 9.17) is 10.8 Å². The molecule has 10 N–H and O–H groups in total. The van der Waals surface area contributed by atoms with E-state index in [1.54, 1.807) is 0 Å². The van der Waals surface area contributed by atoms with Crippen molar-refractivity contribution in [2.45, 2.75) is 43.2 Å². The summed E-state index contributed by atoms with van der Waals surface area (Å²) in [5.74, 6) is -5.66. The third kappa shape index (κ3) is 9.58. The van der Waals surface area contributed by atoms with Gasteiger partial charge in [0.25, 0.3) is 0 Å². The predicted molar refractivity (Wildman–Crippen MR) is 117 cm³/mol. The Kier molecular flexibility index (Phi) is 13.9. The van der Waals surface area contributed by atoms with Crippen LogP contribution < -0.4 is 27.0 Å². The third-order valence-electron chi connectivity index (χ3n) is 4.02. The van der Waals surface area contributed by atoms with Crippen LogP contribution in [0.4, 0.5) is 0 Å². The van der Waals surface area contributed by atoms with Gasteiger partial charge >= 0.3 is 5.97 Å². The molecule has 0 radical (unpaired) electrons. The molecule has 0 rings (SSSR count). The van der Waals surface area contributed by atoms with E-state index in [-0.39, 0.29) is 11.5 Å². The highest BCUT2D eigenvalue weighted by atomic mass is 32.1. The second-order valence-electron chi connectivity index (χ2n) is 6.59. The lowest BCUT2D eigenvalue weighted by atomic mass is 10.1. The van der Waals surface area contributed by atoms with Crippen molar-refractivity contribution in [3.05, 3.63) is 0 Å². The zero-order valence-corrected chi connectivity index (χ0v) is 18.9. The maximum absolute atomic E-state index is 12.5. The molecule has 0 aliphatic rings.